The Morgan fingerprint density at radius 1 is 1.39 bits per heavy atom. The standard InChI is InChI=1S/C13H19NO3S/c1-18(15,16)12-6-3-5-11(8-12)17-13-7-2-4-10(13)9-14/h3,5-6,8,10,13H,2,4,7,9,14H2,1H3. The van der Waals surface area contributed by atoms with Crippen molar-refractivity contribution in [2.75, 3.05) is 12.8 Å². The van der Waals surface area contributed by atoms with Gasteiger partial charge in [0.25, 0.3) is 0 Å². The van der Waals surface area contributed by atoms with Crippen LogP contribution in [0.3, 0.4) is 0 Å². The summed E-state index contributed by atoms with van der Waals surface area (Å²) in [5, 5.41) is 0. The molecule has 0 aromatic heterocycles. The SMILES string of the molecule is CS(=O)(=O)c1cccc(OC2CCCC2CN)c1. The van der Waals surface area contributed by atoms with Gasteiger partial charge in [-0.1, -0.05) is 6.07 Å². The molecule has 4 nitrogen and oxygen atoms in total. The van der Waals surface area contributed by atoms with Crippen LogP contribution in [0.5, 0.6) is 5.75 Å². The van der Waals surface area contributed by atoms with Crippen molar-refractivity contribution >= 4 is 9.84 Å². The Labute approximate surface area is 108 Å². The van der Waals surface area contributed by atoms with Crippen molar-refractivity contribution in [1.29, 1.82) is 0 Å². The van der Waals surface area contributed by atoms with Crippen LogP contribution in [0.25, 0.3) is 0 Å². The third-order valence-electron chi connectivity index (χ3n) is 3.41. The van der Waals surface area contributed by atoms with Gasteiger partial charge in [-0.3, -0.25) is 0 Å². The van der Waals surface area contributed by atoms with E-state index in [2.05, 4.69) is 0 Å². The summed E-state index contributed by atoms with van der Waals surface area (Å²) >= 11 is 0. The number of nitrogens with two attached hydrogens (primary N) is 1. The second-order valence-corrected chi connectivity index (χ2v) is 6.85. The first-order valence-corrected chi connectivity index (χ1v) is 8.06. The third-order valence-corrected chi connectivity index (χ3v) is 4.52. The molecule has 18 heavy (non-hydrogen) atoms. The molecule has 2 rings (SSSR count). The van der Waals surface area contributed by atoms with E-state index in [9.17, 15) is 8.42 Å². The van der Waals surface area contributed by atoms with Gasteiger partial charge in [-0.2, -0.15) is 0 Å². The van der Waals surface area contributed by atoms with E-state index in [0.29, 0.717) is 23.1 Å². The lowest BCUT2D eigenvalue weighted by atomic mass is 10.1. The normalized spacial score (nSPS) is 24.1. The highest BCUT2D eigenvalue weighted by atomic mass is 32.2. The molecule has 2 N–H and O–H groups in total. The predicted molar refractivity (Wildman–Crippen MR) is 70.4 cm³/mol. The third kappa shape index (κ3) is 3.03. The molecule has 1 aliphatic carbocycles. The lowest BCUT2D eigenvalue weighted by Crippen LogP contribution is -2.27. The van der Waals surface area contributed by atoms with E-state index in [4.69, 9.17) is 10.5 Å². The summed E-state index contributed by atoms with van der Waals surface area (Å²) < 4.78 is 28.8. The van der Waals surface area contributed by atoms with Crippen molar-refractivity contribution in [3.8, 4) is 5.75 Å². The maximum absolute atomic E-state index is 11.5. The van der Waals surface area contributed by atoms with Crippen LogP contribution in [0.1, 0.15) is 19.3 Å². The van der Waals surface area contributed by atoms with Crippen LogP contribution in [-0.2, 0) is 9.84 Å². The lowest BCUT2D eigenvalue weighted by molar-refractivity contribution is 0.162. The zero-order chi connectivity index (χ0) is 13.2. The first-order valence-electron chi connectivity index (χ1n) is 6.17. The molecule has 100 valence electrons. The lowest BCUT2D eigenvalue weighted by Gasteiger charge is -2.20. The summed E-state index contributed by atoms with van der Waals surface area (Å²) in [6.07, 6.45) is 4.52. The highest BCUT2D eigenvalue weighted by Crippen LogP contribution is 2.29. The molecule has 0 bridgehead atoms. The van der Waals surface area contributed by atoms with Crippen molar-refractivity contribution < 1.29 is 13.2 Å². The zero-order valence-corrected chi connectivity index (χ0v) is 11.3. The molecule has 1 aromatic rings. The summed E-state index contributed by atoms with van der Waals surface area (Å²) in [4.78, 5) is 0.294. The molecule has 0 radical (unpaired) electrons. The maximum atomic E-state index is 11.5. The molecule has 0 amide bonds. The van der Waals surface area contributed by atoms with Crippen molar-refractivity contribution in [3.05, 3.63) is 24.3 Å². The Balaban J connectivity index is 2.15. The van der Waals surface area contributed by atoms with Gasteiger partial charge in [0.1, 0.15) is 11.9 Å². The Morgan fingerprint density at radius 2 is 2.17 bits per heavy atom. The molecule has 1 aromatic carbocycles. The Hall–Kier alpha value is -1.07. The molecule has 5 heteroatoms. The highest BCUT2D eigenvalue weighted by Gasteiger charge is 2.27. The van der Waals surface area contributed by atoms with Gasteiger partial charge in [-0.25, -0.2) is 8.42 Å². The van der Waals surface area contributed by atoms with Crippen LogP contribution >= 0.6 is 0 Å². The quantitative estimate of drug-likeness (QED) is 0.901. The van der Waals surface area contributed by atoms with Crippen LogP contribution in [0.2, 0.25) is 0 Å². The summed E-state index contributed by atoms with van der Waals surface area (Å²) in [6.45, 7) is 0.621. The van der Waals surface area contributed by atoms with Gasteiger partial charge in [0.2, 0.25) is 0 Å². The second-order valence-electron chi connectivity index (χ2n) is 4.83. The predicted octanol–water partition coefficient (Wildman–Crippen LogP) is 1.60. The van der Waals surface area contributed by atoms with Crippen LogP contribution in [0.15, 0.2) is 29.2 Å². The van der Waals surface area contributed by atoms with Gasteiger partial charge >= 0.3 is 0 Å². The highest BCUT2D eigenvalue weighted by molar-refractivity contribution is 7.90. The molecular formula is C13H19NO3S. The van der Waals surface area contributed by atoms with Gasteiger partial charge in [0, 0.05) is 12.2 Å². The van der Waals surface area contributed by atoms with Gasteiger partial charge in [0.15, 0.2) is 9.84 Å². The van der Waals surface area contributed by atoms with E-state index in [1.165, 1.54) is 6.26 Å². The molecule has 1 saturated carbocycles. The minimum Gasteiger partial charge on any atom is -0.490 e. The maximum Gasteiger partial charge on any atom is 0.175 e. The topological polar surface area (TPSA) is 69.4 Å². The molecule has 0 heterocycles. The molecule has 0 aliphatic heterocycles. The van der Waals surface area contributed by atoms with Crippen LogP contribution in [0, 0.1) is 5.92 Å². The number of sulfone groups is 1. The monoisotopic (exact) mass is 269 g/mol. The number of hydrogen-bond donors (Lipinski definition) is 1. The molecule has 1 aliphatic rings. The fourth-order valence-electron chi connectivity index (χ4n) is 2.38. The Kier molecular flexibility index (Phi) is 3.92. The van der Waals surface area contributed by atoms with E-state index in [0.717, 1.165) is 19.3 Å². The molecule has 0 spiro atoms. The number of ether oxygens (including phenoxy) is 1. The van der Waals surface area contributed by atoms with E-state index in [1.54, 1.807) is 24.3 Å². The minimum absolute atomic E-state index is 0.116. The Morgan fingerprint density at radius 3 is 2.83 bits per heavy atom. The summed E-state index contributed by atoms with van der Waals surface area (Å²) in [5.74, 6) is 0.996. The van der Waals surface area contributed by atoms with Gasteiger partial charge < -0.3 is 10.5 Å². The summed E-state index contributed by atoms with van der Waals surface area (Å²) in [6, 6.07) is 6.66. The van der Waals surface area contributed by atoms with Crippen molar-refractivity contribution in [3.63, 3.8) is 0 Å². The van der Waals surface area contributed by atoms with Gasteiger partial charge in [0.05, 0.1) is 4.90 Å². The number of benzene rings is 1. The van der Waals surface area contributed by atoms with Gasteiger partial charge in [-0.05, 0) is 44.0 Å². The zero-order valence-electron chi connectivity index (χ0n) is 10.5. The molecule has 2 atom stereocenters. The van der Waals surface area contributed by atoms with E-state index in [1.807, 2.05) is 0 Å². The smallest absolute Gasteiger partial charge is 0.175 e. The number of hydrogen-bond acceptors (Lipinski definition) is 4. The fraction of sp³-hybridized carbons (Fsp3) is 0.538. The molecule has 1 fully saturated rings. The minimum atomic E-state index is -3.18. The summed E-state index contributed by atoms with van der Waals surface area (Å²) in [7, 11) is -3.18. The van der Waals surface area contributed by atoms with Crippen molar-refractivity contribution in [2.45, 2.75) is 30.3 Å². The summed E-state index contributed by atoms with van der Waals surface area (Å²) in [5.41, 5.74) is 5.70. The Bertz CT molecular complexity index is 513. The largest absolute Gasteiger partial charge is 0.490 e. The van der Waals surface area contributed by atoms with Gasteiger partial charge in [-0.15, -0.1) is 0 Å². The van der Waals surface area contributed by atoms with E-state index in [-0.39, 0.29) is 6.10 Å². The van der Waals surface area contributed by atoms with E-state index >= 15 is 0 Å². The fourth-order valence-corrected chi connectivity index (χ4v) is 3.04. The molecule has 0 saturated heterocycles. The average Bonchev–Trinajstić information content (AvgIpc) is 2.75. The number of rotatable bonds is 4. The first-order chi connectivity index (χ1) is 8.50. The van der Waals surface area contributed by atoms with Crippen LogP contribution in [-0.4, -0.2) is 27.3 Å². The first kappa shape index (κ1) is 13.4. The average molecular weight is 269 g/mol. The second kappa shape index (κ2) is 5.28. The van der Waals surface area contributed by atoms with E-state index < -0.39 is 9.84 Å². The van der Waals surface area contributed by atoms with Crippen LogP contribution in [0.4, 0.5) is 0 Å². The van der Waals surface area contributed by atoms with Crippen molar-refractivity contribution in [1.82, 2.24) is 0 Å². The molecule has 2 unspecified atom stereocenters. The van der Waals surface area contributed by atoms with Crippen LogP contribution < -0.4 is 10.5 Å². The van der Waals surface area contributed by atoms with Crippen molar-refractivity contribution in [2.24, 2.45) is 11.7 Å². The molecular weight excluding hydrogens is 250 g/mol.